The SMILES string of the molecule is CC(Nc1ccc(F)nc1)C(=O)O. The van der Waals surface area contributed by atoms with Crippen LogP contribution in [-0.4, -0.2) is 22.1 Å². The summed E-state index contributed by atoms with van der Waals surface area (Å²) in [4.78, 5) is 13.8. The first-order chi connectivity index (χ1) is 6.09. The van der Waals surface area contributed by atoms with Crippen molar-refractivity contribution >= 4 is 11.7 Å². The molecule has 0 spiro atoms. The standard InChI is InChI=1S/C8H9FN2O2/c1-5(8(12)13)11-6-2-3-7(9)10-4-6/h2-5,11H,1H3,(H,12,13). The van der Waals surface area contributed by atoms with Crippen LogP contribution in [0.25, 0.3) is 0 Å². The van der Waals surface area contributed by atoms with Gasteiger partial charge in [0.15, 0.2) is 0 Å². The summed E-state index contributed by atoms with van der Waals surface area (Å²) in [6, 6.07) is 1.88. The summed E-state index contributed by atoms with van der Waals surface area (Å²) in [5.41, 5.74) is 0.483. The molecule has 1 atom stereocenters. The van der Waals surface area contributed by atoms with E-state index in [2.05, 4.69) is 10.3 Å². The number of hydrogen-bond acceptors (Lipinski definition) is 3. The molecule has 2 N–H and O–H groups in total. The number of rotatable bonds is 3. The number of carboxylic acid groups (broad SMARTS) is 1. The Morgan fingerprint density at radius 1 is 1.69 bits per heavy atom. The van der Waals surface area contributed by atoms with Crippen LogP contribution in [0.4, 0.5) is 10.1 Å². The highest BCUT2D eigenvalue weighted by molar-refractivity contribution is 5.76. The van der Waals surface area contributed by atoms with Gasteiger partial charge < -0.3 is 10.4 Å². The summed E-state index contributed by atoms with van der Waals surface area (Å²) in [7, 11) is 0. The van der Waals surface area contributed by atoms with Crippen LogP contribution in [0.5, 0.6) is 0 Å². The van der Waals surface area contributed by atoms with E-state index in [9.17, 15) is 9.18 Å². The minimum atomic E-state index is -0.968. The Bertz CT molecular complexity index is 300. The molecule has 0 radical (unpaired) electrons. The molecule has 13 heavy (non-hydrogen) atoms. The van der Waals surface area contributed by atoms with Gasteiger partial charge in [0.1, 0.15) is 6.04 Å². The molecule has 1 rings (SSSR count). The van der Waals surface area contributed by atoms with E-state index in [0.29, 0.717) is 5.69 Å². The number of halogens is 1. The Kier molecular flexibility index (Phi) is 2.79. The van der Waals surface area contributed by atoms with Crippen LogP contribution in [0.2, 0.25) is 0 Å². The zero-order valence-electron chi connectivity index (χ0n) is 6.99. The van der Waals surface area contributed by atoms with Gasteiger partial charge in [0.25, 0.3) is 0 Å². The average Bonchev–Trinajstić information content (AvgIpc) is 2.08. The second-order valence-electron chi connectivity index (χ2n) is 2.57. The van der Waals surface area contributed by atoms with Gasteiger partial charge in [-0.05, 0) is 19.1 Å². The molecule has 0 saturated heterocycles. The maximum atomic E-state index is 12.3. The van der Waals surface area contributed by atoms with Gasteiger partial charge in [0, 0.05) is 0 Å². The summed E-state index contributed by atoms with van der Waals surface area (Å²) >= 11 is 0. The third kappa shape index (κ3) is 2.70. The van der Waals surface area contributed by atoms with Crippen molar-refractivity contribution in [2.45, 2.75) is 13.0 Å². The first-order valence-electron chi connectivity index (χ1n) is 3.70. The fourth-order valence-corrected chi connectivity index (χ4v) is 0.773. The maximum absolute atomic E-state index is 12.3. The molecule has 1 unspecified atom stereocenters. The highest BCUT2D eigenvalue weighted by atomic mass is 19.1. The Morgan fingerprint density at radius 2 is 2.38 bits per heavy atom. The molecule has 1 heterocycles. The zero-order valence-corrected chi connectivity index (χ0v) is 6.99. The minimum absolute atomic E-state index is 0.483. The molecule has 1 aromatic rings. The Hall–Kier alpha value is -1.65. The number of aliphatic carboxylic acids is 1. The van der Waals surface area contributed by atoms with E-state index in [1.165, 1.54) is 19.2 Å². The number of aromatic nitrogens is 1. The van der Waals surface area contributed by atoms with Crippen molar-refractivity contribution in [3.63, 3.8) is 0 Å². The molecule has 0 saturated carbocycles. The quantitative estimate of drug-likeness (QED) is 0.690. The Balaban J connectivity index is 2.64. The summed E-state index contributed by atoms with van der Waals surface area (Å²) in [5, 5.41) is 11.2. The van der Waals surface area contributed by atoms with Crippen LogP contribution in [0.3, 0.4) is 0 Å². The van der Waals surface area contributed by atoms with Crippen LogP contribution in [0.15, 0.2) is 18.3 Å². The lowest BCUT2D eigenvalue weighted by Crippen LogP contribution is -2.25. The third-order valence-electron chi connectivity index (χ3n) is 1.48. The topological polar surface area (TPSA) is 62.2 Å². The van der Waals surface area contributed by atoms with E-state index in [0.717, 1.165) is 6.07 Å². The van der Waals surface area contributed by atoms with Crippen LogP contribution in [0, 0.1) is 5.95 Å². The third-order valence-corrected chi connectivity index (χ3v) is 1.48. The second kappa shape index (κ2) is 3.84. The van der Waals surface area contributed by atoms with E-state index < -0.39 is 18.0 Å². The summed E-state index contributed by atoms with van der Waals surface area (Å²) in [5.74, 6) is -1.56. The lowest BCUT2D eigenvalue weighted by molar-refractivity contribution is -0.137. The molecule has 4 nitrogen and oxygen atoms in total. The zero-order chi connectivity index (χ0) is 9.84. The van der Waals surface area contributed by atoms with Gasteiger partial charge in [0.05, 0.1) is 11.9 Å². The van der Waals surface area contributed by atoms with Crippen LogP contribution >= 0.6 is 0 Å². The molecule has 0 aliphatic rings. The lowest BCUT2D eigenvalue weighted by Gasteiger charge is -2.09. The minimum Gasteiger partial charge on any atom is -0.480 e. The lowest BCUT2D eigenvalue weighted by atomic mass is 10.3. The molecule has 1 aromatic heterocycles. The van der Waals surface area contributed by atoms with Gasteiger partial charge in [-0.25, -0.2) is 4.98 Å². The number of carbonyl (C=O) groups is 1. The molecule has 0 amide bonds. The highest BCUT2D eigenvalue weighted by Crippen LogP contribution is 2.06. The van der Waals surface area contributed by atoms with Gasteiger partial charge >= 0.3 is 5.97 Å². The number of hydrogen-bond donors (Lipinski definition) is 2. The van der Waals surface area contributed by atoms with Crippen molar-refractivity contribution in [2.24, 2.45) is 0 Å². The largest absolute Gasteiger partial charge is 0.480 e. The average molecular weight is 184 g/mol. The molecule has 0 aromatic carbocycles. The monoisotopic (exact) mass is 184 g/mol. The van der Waals surface area contributed by atoms with Crippen molar-refractivity contribution in [3.05, 3.63) is 24.3 Å². The summed E-state index contributed by atoms with van der Waals surface area (Å²) in [6.45, 7) is 1.49. The molecule has 70 valence electrons. The summed E-state index contributed by atoms with van der Waals surface area (Å²) in [6.07, 6.45) is 1.24. The molecule has 0 aliphatic heterocycles. The molecule has 0 fully saturated rings. The fraction of sp³-hybridized carbons (Fsp3) is 0.250. The number of carboxylic acids is 1. The van der Waals surface area contributed by atoms with Gasteiger partial charge in [-0.2, -0.15) is 4.39 Å². The van der Waals surface area contributed by atoms with Crippen LogP contribution in [0.1, 0.15) is 6.92 Å². The Morgan fingerprint density at radius 3 is 2.85 bits per heavy atom. The van der Waals surface area contributed by atoms with E-state index in [4.69, 9.17) is 5.11 Å². The normalized spacial score (nSPS) is 12.2. The maximum Gasteiger partial charge on any atom is 0.325 e. The van der Waals surface area contributed by atoms with Gasteiger partial charge in [-0.15, -0.1) is 0 Å². The second-order valence-corrected chi connectivity index (χ2v) is 2.57. The van der Waals surface area contributed by atoms with E-state index in [-0.39, 0.29) is 0 Å². The summed E-state index contributed by atoms with van der Waals surface area (Å²) < 4.78 is 12.3. The smallest absolute Gasteiger partial charge is 0.325 e. The molecular formula is C8H9FN2O2. The first-order valence-corrected chi connectivity index (χ1v) is 3.70. The Labute approximate surface area is 74.4 Å². The van der Waals surface area contributed by atoms with Crippen molar-refractivity contribution in [1.29, 1.82) is 0 Å². The van der Waals surface area contributed by atoms with Gasteiger partial charge in [-0.3, -0.25) is 4.79 Å². The number of nitrogens with zero attached hydrogens (tertiary/aromatic N) is 1. The van der Waals surface area contributed by atoms with Gasteiger partial charge in [0.2, 0.25) is 5.95 Å². The van der Waals surface area contributed by atoms with E-state index >= 15 is 0 Å². The number of pyridine rings is 1. The van der Waals surface area contributed by atoms with Crippen molar-refractivity contribution in [3.8, 4) is 0 Å². The number of nitrogens with one attached hydrogen (secondary N) is 1. The van der Waals surface area contributed by atoms with Crippen molar-refractivity contribution in [2.75, 3.05) is 5.32 Å². The van der Waals surface area contributed by atoms with E-state index in [1.54, 1.807) is 0 Å². The fourth-order valence-electron chi connectivity index (χ4n) is 0.773. The highest BCUT2D eigenvalue weighted by Gasteiger charge is 2.09. The predicted octanol–water partition coefficient (Wildman–Crippen LogP) is 1.11. The number of anilines is 1. The molecule has 5 heteroatoms. The van der Waals surface area contributed by atoms with Crippen LogP contribution < -0.4 is 5.32 Å². The van der Waals surface area contributed by atoms with Crippen LogP contribution in [-0.2, 0) is 4.79 Å². The molecule has 0 aliphatic carbocycles. The van der Waals surface area contributed by atoms with E-state index in [1.807, 2.05) is 0 Å². The van der Waals surface area contributed by atoms with Crippen molar-refractivity contribution in [1.82, 2.24) is 4.98 Å². The van der Waals surface area contributed by atoms with Gasteiger partial charge in [-0.1, -0.05) is 0 Å². The predicted molar refractivity (Wildman–Crippen MR) is 44.9 cm³/mol. The molecule has 0 bridgehead atoms. The molecular weight excluding hydrogens is 175 g/mol. The first kappa shape index (κ1) is 9.44. The van der Waals surface area contributed by atoms with Crippen molar-refractivity contribution < 1.29 is 14.3 Å².